The molecule has 64 valence electrons. The molecule has 1 fully saturated rings. The fraction of sp³-hybridized carbons (Fsp3) is 0.750. The minimum absolute atomic E-state index is 0.333. The number of piperidine rings is 1. The van der Waals surface area contributed by atoms with E-state index in [9.17, 15) is 0 Å². The lowest BCUT2D eigenvalue weighted by molar-refractivity contribution is 0.228. The molecule has 1 aliphatic heterocycles. The molecule has 3 heteroatoms. The van der Waals surface area contributed by atoms with E-state index in [2.05, 4.69) is 11.5 Å². The lowest BCUT2D eigenvalue weighted by Crippen LogP contribution is -2.43. The molecule has 0 aromatic heterocycles. The Labute approximate surface area is 73.0 Å². The van der Waals surface area contributed by atoms with Gasteiger partial charge in [0, 0.05) is 24.2 Å². The van der Waals surface area contributed by atoms with Gasteiger partial charge in [-0.25, -0.2) is 0 Å². The zero-order chi connectivity index (χ0) is 8.27. The predicted molar refractivity (Wildman–Crippen MR) is 48.6 cm³/mol. The fourth-order valence-corrected chi connectivity index (χ4v) is 1.65. The number of rotatable bonds is 2. The highest BCUT2D eigenvalue weighted by molar-refractivity contribution is 6.29. The number of nitrogens with two attached hydrogens (primary N) is 1. The van der Waals surface area contributed by atoms with E-state index in [1.165, 1.54) is 6.42 Å². The topological polar surface area (TPSA) is 29.3 Å². The summed E-state index contributed by atoms with van der Waals surface area (Å²) in [6, 6.07) is 0.333. The van der Waals surface area contributed by atoms with Gasteiger partial charge in [-0.05, 0) is 19.4 Å². The predicted octanol–water partition coefficient (Wildman–Crippen LogP) is 1.16. The quantitative estimate of drug-likeness (QED) is 0.681. The molecule has 1 heterocycles. The third kappa shape index (κ3) is 3.23. The average Bonchev–Trinajstić information content (AvgIpc) is 1.85. The Hall–Kier alpha value is -0.0500. The van der Waals surface area contributed by atoms with Gasteiger partial charge in [-0.3, -0.25) is 4.90 Å². The van der Waals surface area contributed by atoms with E-state index < -0.39 is 0 Å². The van der Waals surface area contributed by atoms with Gasteiger partial charge in [0.15, 0.2) is 0 Å². The molecule has 2 N–H and O–H groups in total. The SMILES string of the molecule is C=C(Cl)CN1CCC[C@@H](N)C1. The highest BCUT2D eigenvalue weighted by Gasteiger charge is 2.15. The molecule has 1 atom stereocenters. The molecule has 2 nitrogen and oxygen atoms in total. The lowest BCUT2D eigenvalue weighted by Gasteiger charge is -2.30. The highest BCUT2D eigenvalue weighted by atomic mass is 35.5. The Balaban J connectivity index is 2.28. The van der Waals surface area contributed by atoms with Crippen LogP contribution in [0.15, 0.2) is 11.6 Å². The van der Waals surface area contributed by atoms with Crippen LogP contribution in [-0.2, 0) is 0 Å². The van der Waals surface area contributed by atoms with Gasteiger partial charge in [0.25, 0.3) is 0 Å². The van der Waals surface area contributed by atoms with Crippen LogP contribution in [0.25, 0.3) is 0 Å². The van der Waals surface area contributed by atoms with Crippen LogP contribution in [0.2, 0.25) is 0 Å². The van der Waals surface area contributed by atoms with Crippen molar-refractivity contribution >= 4 is 11.6 Å². The molecule has 0 aromatic rings. The normalized spacial score (nSPS) is 26.9. The molecule has 1 rings (SSSR count). The Morgan fingerprint density at radius 2 is 2.45 bits per heavy atom. The summed E-state index contributed by atoms with van der Waals surface area (Å²) >= 11 is 5.68. The second-order valence-corrected chi connectivity index (χ2v) is 3.69. The largest absolute Gasteiger partial charge is 0.327 e. The summed E-state index contributed by atoms with van der Waals surface area (Å²) in [7, 11) is 0. The maximum Gasteiger partial charge on any atom is 0.0336 e. The van der Waals surface area contributed by atoms with E-state index in [1.54, 1.807) is 0 Å². The Morgan fingerprint density at radius 3 is 3.00 bits per heavy atom. The van der Waals surface area contributed by atoms with Crippen molar-refractivity contribution in [3.8, 4) is 0 Å². The first-order valence-corrected chi connectivity index (χ1v) is 4.37. The summed E-state index contributed by atoms with van der Waals surface area (Å²) in [4.78, 5) is 2.25. The van der Waals surface area contributed by atoms with Crippen LogP contribution in [-0.4, -0.2) is 30.6 Å². The Morgan fingerprint density at radius 1 is 1.73 bits per heavy atom. The van der Waals surface area contributed by atoms with Crippen molar-refractivity contribution in [2.75, 3.05) is 19.6 Å². The zero-order valence-corrected chi connectivity index (χ0v) is 7.48. The van der Waals surface area contributed by atoms with Crippen LogP contribution >= 0.6 is 11.6 Å². The van der Waals surface area contributed by atoms with E-state index in [1.807, 2.05) is 0 Å². The number of hydrogen-bond acceptors (Lipinski definition) is 2. The zero-order valence-electron chi connectivity index (χ0n) is 6.72. The first-order valence-electron chi connectivity index (χ1n) is 3.99. The third-order valence-electron chi connectivity index (χ3n) is 1.94. The maximum atomic E-state index is 5.79. The molecule has 0 saturated carbocycles. The van der Waals surface area contributed by atoms with Crippen molar-refractivity contribution in [3.63, 3.8) is 0 Å². The van der Waals surface area contributed by atoms with Gasteiger partial charge in [-0.15, -0.1) is 0 Å². The van der Waals surface area contributed by atoms with Crippen molar-refractivity contribution in [2.24, 2.45) is 5.73 Å². The van der Waals surface area contributed by atoms with Crippen LogP contribution < -0.4 is 5.73 Å². The Bertz CT molecular complexity index is 147. The van der Waals surface area contributed by atoms with Crippen LogP contribution in [0.1, 0.15) is 12.8 Å². The van der Waals surface area contributed by atoms with Gasteiger partial charge >= 0.3 is 0 Å². The van der Waals surface area contributed by atoms with Gasteiger partial charge in [0.1, 0.15) is 0 Å². The van der Waals surface area contributed by atoms with E-state index in [0.29, 0.717) is 11.1 Å². The monoisotopic (exact) mass is 174 g/mol. The first kappa shape index (κ1) is 9.04. The molecule has 1 saturated heterocycles. The number of hydrogen-bond donors (Lipinski definition) is 1. The van der Waals surface area contributed by atoms with E-state index in [-0.39, 0.29) is 0 Å². The van der Waals surface area contributed by atoms with Crippen molar-refractivity contribution < 1.29 is 0 Å². The van der Waals surface area contributed by atoms with Crippen molar-refractivity contribution in [2.45, 2.75) is 18.9 Å². The minimum Gasteiger partial charge on any atom is -0.327 e. The molecule has 0 aromatic carbocycles. The van der Waals surface area contributed by atoms with E-state index in [0.717, 1.165) is 26.1 Å². The second-order valence-electron chi connectivity index (χ2n) is 3.15. The number of likely N-dealkylation sites (tertiary alicyclic amines) is 1. The minimum atomic E-state index is 0.333. The van der Waals surface area contributed by atoms with Crippen molar-refractivity contribution in [1.82, 2.24) is 4.90 Å². The molecule has 1 aliphatic rings. The molecule has 0 bridgehead atoms. The smallest absolute Gasteiger partial charge is 0.0336 e. The molecular formula is C8H15ClN2. The molecule has 11 heavy (non-hydrogen) atoms. The average molecular weight is 175 g/mol. The van der Waals surface area contributed by atoms with Crippen molar-refractivity contribution in [1.29, 1.82) is 0 Å². The highest BCUT2D eigenvalue weighted by Crippen LogP contribution is 2.10. The van der Waals surface area contributed by atoms with Gasteiger partial charge < -0.3 is 5.73 Å². The molecule has 0 unspecified atom stereocenters. The van der Waals surface area contributed by atoms with Gasteiger partial charge in [-0.1, -0.05) is 18.2 Å². The molecular weight excluding hydrogens is 160 g/mol. The molecule has 0 spiro atoms. The first-order chi connectivity index (χ1) is 5.18. The summed E-state index contributed by atoms with van der Waals surface area (Å²) in [5.41, 5.74) is 5.79. The van der Waals surface area contributed by atoms with Crippen molar-refractivity contribution in [3.05, 3.63) is 11.6 Å². The number of halogens is 1. The second kappa shape index (κ2) is 4.10. The molecule has 0 amide bonds. The fourth-order valence-electron chi connectivity index (χ4n) is 1.48. The van der Waals surface area contributed by atoms with Crippen LogP contribution in [0.5, 0.6) is 0 Å². The molecule has 0 aliphatic carbocycles. The third-order valence-corrected chi connectivity index (χ3v) is 2.06. The van der Waals surface area contributed by atoms with E-state index >= 15 is 0 Å². The summed E-state index contributed by atoms with van der Waals surface area (Å²) in [5.74, 6) is 0. The van der Waals surface area contributed by atoms with E-state index in [4.69, 9.17) is 17.3 Å². The van der Waals surface area contributed by atoms with Crippen LogP contribution in [0, 0.1) is 0 Å². The van der Waals surface area contributed by atoms with Gasteiger partial charge in [0.2, 0.25) is 0 Å². The summed E-state index contributed by atoms with van der Waals surface area (Å²) < 4.78 is 0. The summed E-state index contributed by atoms with van der Waals surface area (Å²) in [5, 5.41) is 0.708. The van der Waals surface area contributed by atoms with Crippen LogP contribution in [0.3, 0.4) is 0 Å². The summed E-state index contributed by atoms with van der Waals surface area (Å²) in [6.45, 7) is 6.52. The van der Waals surface area contributed by atoms with Gasteiger partial charge in [0.05, 0.1) is 0 Å². The molecule has 0 radical (unpaired) electrons. The summed E-state index contributed by atoms with van der Waals surface area (Å²) in [6.07, 6.45) is 2.33. The standard InChI is InChI=1S/C8H15ClN2/c1-7(9)5-11-4-2-3-8(10)6-11/h8H,1-6,10H2/t8-/m1/s1. The lowest BCUT2D eigenvalue weighted by atomic mass is 10.1. The maximum absolute atomic E-state index is 5.79. The van der Waals surface area contributed by atoms with Crippen LogP contribution in [0.4, 0.5) is 0 Å². The van der Waals surface area contributed by atoms with Gasteiger partial charge in [-0.2, -0.15) is 0 Å². The number of nitrogens with zero attached hydrogens (tertiary/aromatic N) is 1. The Kier molecular flexibility index (Phi) is 3.37.